The van der Waals surface area contributed by atoms with E-state index in [9.17, 15) is 9.59 Å². The SMILES string of the molecule is C=CC(=CC=COC)C=C1OC(=S)N(C(C)=O)C1=O. The zero-order valence-electron chi connectivity index (χ0n) is 10.6. The first-order valence-corrected chi connectivity index (χ1v) is 5.72. The highest BCUT2D eigenvalue weighted by atomic mass is 32.1. The number of carbonyl (C=O) groups is 2. The second-order valence-corrected chi connectivity index (χ2v) is 3.82. The predicted molar refractivity (Wildman–Crippen MR) is 73.7 cm³/mol. The van der Waals surface area contributed by atoms with E-state index in [0.29, 0.717) is 5.57 Å². The van der Waals surface area contributed by atoms with Gasteiger partial charge in [-0.1, -0.05) is 18.7 Å². The lowest BCUT2D eigenvalue weighted by Crippen LogP contribution is -2.32. The zero-order chi connectivity index (χ0) is 14.4. The van der Waals surface area contributed by atoms with Crippen LogP contribution < -0.4 is 0 Å². The first-order valence-electron chi connectivity index (χ1n) is 5.32. The van der Waals surface area contributed by atoms with Crippen LogP contribution in [0.2, 0.25) is 0 Å². The molecule has 1 heterocycles. The van der Waals surface area contributed by atoms with E-state index >= 15 is 0 Å². The predicted octanol–water partition coefficient (Wildman–Crippen LogP) is 1.83. The molecule has 0 aromatic carbocycles. The molecule has 1 fully saturated rings. The summed E-state index contributed by atoms with van der Waals surface area (Å²) in [6, 6.07) is 0. The number of rotatable bonds is 4. The van der Waals surface area contributed by atoms with Crippen molar-refractivity contribution in [1.29, 1.82) is 0 Å². The molecule has 19 heavy (non-hydrogen) atoms. The Balaban J connectivity index is 3.00. The van der Waals surface area contributed by atoms with Gasteiger partial charge in [-0.15, -0.1) is 0 Å². The molecule has 6 heteroatoms. The van der Waals surface area contributed by atoms with Gasteiger partial charge in [-0.2, -0.15) is 0 Å². The molecular weight excluding hydrogens is 266 g/mol. The molecule has 1 rings (SSSR count). The average molecular weight is 279 g/mol. The van der Waals surface area contributed by atoms with Gasteiger partial charge in [0.15, 0.2) is 5.76 Å². The number of ether oxygens (including phenoxy) is 2. The van der Waals surface area contributed by atoms with Gasteiger partial charge in [0.05, 0.1) is 13.4 Å². The minimum Gasteiger partial charge on any atom is -0.504 e. The van der Waals surface area contributed by atoms with E-state index in [2.05, 4.69) is 6.58 Å². The van der Waals surface area contributed by atoms with Crippen molar-refractivity contribution < 1.29 is 19.1 Å². The van der Waals surface area contributed by atoms with Gasteiger partial charge in [-0.25, -0.2) is 4.90 Å². The lowest BCUT2D eigenvalue weighted by atomic mass is 10.2. The van der Waals surface area contributed by atoms with Crippen molar-refractivity contribution in [2.75, 3.05) is 7.11 Å². The molecule has 1 aliphatic rings. The molecule has 0 aromatic heterocycles. The summed E-state index contributed by atoms with van der Waals surface area (Å²) in [5.41, 5.74) is 0.616. The van der Waals surface area contributed by atoms with Crippen LogP contribution in [0, 0.1) is 0 Å². The number of carbonyl (C=O) groups excluding carboxylic acids is 2. The van der Waals surface area contributed by atoms with E-state index in [1.807, 2.05) is 0 Å². The third-order valence-corrected chi connectivity index (χ3v) is 2.41. The normalized spacial score (nSPS) is 18.1. The molecule has 2 amide bonds. The summed E-state index contributed by atoms with van der Waals surface area (Å²) in [6.45, 7) is 4.85. The standard InChI is InChI=1S/C13H13NO4S/c1-4-10(6-5-7-17-3)8-11-12(16)14(9(2)15)13(19)18-11/h4-8H,1H2,2-3H3. The second kappa shape index (κ2) is 6.65. The number of allylic oxidation sites excluding steroid dienone is 5. The first kappa shape index (κ1) is 14.8. The molecule has 5 nitrogen and oxygen atoms in total. The summed E-state index contributed by atoms with van der Waals surface area (Å²) in [6.07, 6.45) is 7.74. The Morgan fingerprint density at radius 1 is 1.53 bits per heavy atom. The molecule has 0 atom stereocenters. The molecule has 0 bridgehead atoms. The monoisotopic (exact) mass is 279 g/mol. The molecule has 0 radical (unpaired) electrons. The Morgan fingerprint density at radius 2 is 2.21 bits per heavy atom. The number of methoxy groups -OCH3 is 1. The summed E-state index contributed by atoms with van der Waals surface area (Å²) < 4.78 is 9.83. The number of hydrogen-bond acceptors (Lipinski definition) is 5. The molecule has 1 aliphatic heterocycles. The summed E-state index contributed by atoms with van der Waals surface area (Å²) in [7, 11) is 1.52. The van der Waals surface area contributed by atoms with Crippen LogP contribution in [0.15, 0.2) is 48.5 Å². The van der Waals surface area contributed by atoms with Gasteiger partial charge in [0, 0.05) is 6.92 Å². The van der Waals surface area contributed by atoms with Crippen LogP contribution in [0.1, 0.15) is 6.92 Å². The van der Waals surface area contributed by atoms with Crippen LogP contribution in [0.5, 0.6) is 0 Å². The molecule has 100 valence electrons. The summed E-state index contributed by atoms with van der Waals surface area (Å²) in [4.78, 5) is 23.9. The van der Waals surface area contributed by atoms with Crippen molar-refractivity contribution in [3.05, 3.63) is 48.5 Å². The Bertz CT molecular complexity index is 517. The zero-order valence-corrected chi connectivity index (χ0v) is 11.4. The number of thiocarbonyl (C=S) groups is 1. The van der Waals surface area contributed by atoms with Gasteiger partial charge in [0.1, 0.15) is 0 Å². The van der Waals surface area contributed by atoms with Gasteiger partial charge < -0.3 is 9.47 Å². The van der Waals surface area contributed by atoms with Gasteiger partial charge >= 0.3 is 5.91 Å². The van der Waals surface area contributed by atoms with Crippen molar-refractivity contribution in [3.63, 3.8) is 0 Å². The summed E-state index contributed by atoms with van der Waals surface area (Å²) in [5, 5.41) is -0.167. The maximum Gasteiger partial charge on any atom is 0.303 e. The Hall–Kier alpha value is -2.21. The van der Waals surface area contributed by atoms with E-state index in [-0.39, 0.29) is 10.9 Å². The van der Waals surface area contributed by atoms with Crippen molar-refractivity contribution in [3.8, 4) is 0 Å². The Labute approximate surface area is 116 Å². The number of hydrogen-bond donors (Lipinski definition) is 0. The summed E-state index contributed by atoms with van der Waals surface area (Å²) >= 11 is 4.81. The van der Waals surface area contributed by atoms with E-state index in [4.69, 9.17) is 21.7 Å². The topological polar surface area (TPSA) is 55.8 Å². The minimum atomic E-state index is -0.582. The average Bonchev–Trinajstić information content (AvgIpc) is 2.63. The van der Waals surface area contributed by atoms with Crippen LogP contribution >= 0.6 is 12.2 Å². The van der Waals surface area contributed by atoms with E-state index in [0.717, 1.165) is 4.90 Å². The van der Waals surface area contributed by atoms with Crippen LogP contribution in [-0.2, 0) is 19.1 Å². The fraction of sp³-hybridized carbons (Fsp3) is 0.154. The van der Waals surface area contributed by atoms with E-state index in [1.54, 1.807) is 12.2 Å². The van der Waals surface area contributed by atoms with Crippen LogP contribution in [0.25, 0.3) is 0 Å². The number of imide groups is 1. The van der Waals surface area contributed by atoms with E-state index in [1.165, 1.54) is 32.4 Å². The molecule has 0 aromatic rings. The molecule has 0 saturated carbocycles. The molecule has 0 unspecified atom stereocenters. The van der Waals surface area contributed by atoms with Crippen molar-refractivity contribution in [1.82, 2.24) is 4.90 Å². The molecule has 0 N–H and O–H groups in total. The fourth-order valence-corrected chi connectivity index (χ4v) is 1.60. The summed E-state index contributed by atoms with van der Waals surface area (Å²) in [5.74, 6) is -1.08. The van der Waals surface area contributed by atoms with E-state index < -0.39 is 11.8 Å². The minimum absolute atomic E-state index is 0.0165. The largest absolute Gasteiger partial charge is 0.504 e. The van der Waals surface area contributed by atoms with Crippen LogP contribution in [-0.4, -0.2) is 29.0 Å². The maximum absolute atomic E-state index is 11.9. The highest BCUT2D eigenvalue weighted by Crippen LogP contribution is 2.19. The first-order chi connectivity index (χ1) is 9.01. The fourth-order valence-electron chi connectivity index (χ4n) is 1.29. The van der Waals surface area contributed by atoms with Gasteiger partial charge in [0.2, 0.25) is 5.91 Å². The second-order valence-electron chi connectivity index (χ2n) is 3.47. The van der Waals surface area contributed by atoms with Gasteiger partial charge in [-0.3, -0.25) is 9.59 Å². The Kier molecular flexibility index (Phi) is 5.20. The van der Waals surface area contributed by atoms with Crippen molar-refractivity contribution in [2.45, 2.75) is 6.92 Å². The third-order valence-electron chi connectivity index (χ3n) is 2.15. The maximum atomic E-state index is 11.9. The van der Waals surface area contributed by atoms with Gasteiger partial charge in [0.25, 0.3) is 5.17 Å². The highest BCUT2D eigenvalue weighted by molar-refractivity contribution is 7.80. The number of amides is 2. The van der Waals surface area contributed by atoms with Crippen LogP contribution in [0.3, 0.4) is 0 Å². The van der Waals surface area contributed by atoms with Crippen molar-refractivity contribution in [2.24, 2.45) is 0 Å². The lowest BCUT2D eigenvalue weighted by Gasteiger charge is -2.04. The smallest absolute Gasteiger partial charge is 0.303 e. The molecule has 1 saturated heterocycles. The Morgan fingerprint density at radius 3 is 2.68 bits per heavy atom. The molecule has 0 spiro atoms. The third kappa shape index (κ3) is 3.62. The van der Waals surface area contributed by atoms with Gasteiger partial charge in [-0.05, 0) is 29.9 Å². The van der Waals surface area contributed by atoms with Crippen LogP contribution in [0.4, 0.5) is 0 Å². The highest BCUT2D eigenvalue weighted by Gasteiger charge is 2.36. The lowest BCUT2D eigenvalue weighted by molar-refractivity contribution is -0.135. The quantitative estimate of drug-likeness (QED) is 0.340. The van der Waals surface area contributed by atoms with Crippen molar-refractivity contribution >= 4 is 29.2 Å². The number of nitrogens with zero attached hydrogens (tertiary/aromatic N) is 1. The molecular formula is C13H13NO4S. The molecule has 0 aliphatic carbocycles.